The molecule has 218 valence electrons. The second-order valence-electron chi connectivity index (χ2n) is 9.82. The molecule has 2 aromatic carbocycles. The maximum atomic E-state index is 13.3. The highest BCUT2D eigenvalue weighted by Gasteiger charge is 2.38. The molecule has 1 aliphatic heterocycles. The monoisotopic (exact) mass is 582 g/mol. The molecule has 1 heterocycles. The lowest BCUT2D eigenvalue weighted by Crippen LogP contribution is -2.49. The molecule has 0 unspecified atom stereocenters. The Bertz CT molecular complexity index is 1200. The van der Waals surface area contributed by atoms with Gasteiger partial charge < -0.3 is 29.3 Å². The van der Waals surface area contributed by atoms with E-state index >= 15 is 0 Å². The smallest absolute Gasteiger partial charge is 0.423 e. The van der Waals surface area contributed by atoms with Crippen molar-refractivity contribution in [3.05, 3.63) is 52.1 Å². The summed E-state index contributed by atoms with van der Waals surface area (Å²) in [6.45, 7) is 3.53. The van der Waals surface area contributed by atoms with Crippen molar-refractivity contribution >= 4 is 34.3 Å². The first-order chi connectivity index (χ1) is 19.1. The molecule has 1 saturated carbocycles. The second kappa shape index (κ2) is 12.9. The number of nitro groups is 1. The third kappa shape index (κ3) is 7.25. The van der Waals surface area contributed by atoms with Crippen LogP contribution in [0.2, 0.25) is 0 Å². The first-order valence-corrected chi connectivity index (χ1v) is 13.5. The van der Waals surface area contributed by atoms with Gasteiger partial charge in [0.15, 0.2) is 11.5 Å². The fourth-order valence-electron chi connectivity index (χ4n) is 5.14. The molecular formula is C27H33F3N4O5S. The van der Waals surface area contributed by atoms with Gasteiger partial charge in [0.1, 0.15) is 10.6 Å². The molecule has 0 spiro atoms. The summed E-state index contributed by atoms with van der Waals surface area (Å²) in [5.74, 6) is 1.38. The number of anilines is 2. The predicted octanol–water partition coefficient (Wildman–Crippen LogP) is 5.52. The Labute approximate surface area is 236 Å². The van der Waals surface area contributed by atoms with E-state index in [1.54, 1.807) is 14.2 Å². The van der Waals surface area contributed by atoms with Gasteiger partial charge in [0.05, 0.1) is 31.9 Å². The van der Waals surface area contributed by atoms with Crippen LogP contribution < -0.4 is 19.7 Å². The van der Waals surface area contributed by atoms with E-state index in [1.165, 1.54) is 6.07 Å². The van der Waals surface area contributed by atoms with Gasteiger partial charge in [0.25, 0.3) is 5.69 Å². The molecule has 40 heavy (non-hydrogen) atoms. The molecule has 2 aromatic rings. The Morgan fingerprint density at radius 3 is 2.30 bits per heavy atom. The average molecular weight is 583 g/mol. The van der Waals surface area contributed by atoms with E-state index in [0.717, 1.165) is 61.8 Å². The molecule has 13 heteroatoms. The lowest BCUT2D eigenvalue weighted by atomic mass is 9.92. The minimum atomic E-state index is -4.81. The largest absolute Gasteiger partial charge is 0.493 e. The number of nitro benzene ring substituents is 1. The van der Waals surface area contributed by atoms with Crippen LogP contribution in [0.25, 0.3) is 0 Å². The van der Waals surface area contributed by atoms with Crippen LogP contribution in [0, 0.1) is 10.1 Å². The highest BCUT2D eigenvalue weighted by Crippen LogP contribution is 2.38. The molecule has 1 N–H and O–H groups in total. The molecule has 0 aromatic heterocycles. The van der Waals surface area contributed by atoms with Crippen LogP contribution in [0.3, 0.4) is 0 Å². The molecule has 0 atom stereocenters. The number of alkyl halides is 3. The summed E-state index contributed by atoms with van der Waals surface area (Å²) in [6, 6.07) is 8.87. The molecule has 2 fully saturated rings. The number of piperazine rings is 1. The summed E-state index contributed by atoms with van der Waals surface area (Å²) >= 11 is 5.64. The Morgan fingerprint density at radius 2 is 1.70 bits per heavy atom. The number of hydrogen-bond donors (Lipinski definition) is 1. The summed E-state index contributed by atoms with van der Waals surface area (Å²) in [5, 5.41) is 14.1. The van der Waals surface area contributed by atoms with Crippen LogP contribution in [0.4, 0.5) is 30.2 Å². The third-order valence-electron chi connectivity index (χ3n) is 7.35. The Hall–Kier alpha value is -3.32. The van der Waals surface area contributed by atoms with Crippen molar-refractivity contribution in [2.24, 2.45) is 0 Å². The second-order valence-corrected chi connectivity index (χ2v) is 10.3. The average Bonchev–Trinajstić information content (AvgIpc) is 2.95. The molecule has 9 nitrogen and oxygen atoms in total. The predicted molar refractivity (Wildman–Crippen MR) is 150 cm³/mol. The van der Waals surface area contributed by atoms with Crippen LogP contribution in [-0.4, -0.2) is 74.0 Å². The van der Waals surface area contributed by atoms with Crippen LogP contribution >= 0.6 is 12.2 Å². The lowest BCUT2D eigenvalue weighted by molar-refractivity contribution is -0.388. The van der Waals surface area contributed by atoms with Gasteiger partial charge in [-0.1, -0.05) is 12.2 Å². The van der Waals surface area contributed by atoms with E-state index < -0.39 is 22.4 Å². The van der Waals surface area contributed by atoms with Gasteiger partial charge in [0, 0.05) is 55.7 Å². The lowest BCUT2D eigenvalue weighted by Gasteiger charge is -2.38. The quantitative estimate of drug-likeness (QED) is 0.233. The molecular weight excluding hydrogens is 549 g/mol. The first-order valence-electron chi connectivity index (χ1n) is 13.1. The van der Waals surface area contributed by atoms with Crippen molar-refractivity contribution in [1.82, 2.24) is 4.90 Å². The van der Waals surface area contributed by atoms with Gasteiger partial charge in [-0.25, -0.2) is 0 Å². The number of benzene rings is 2. The molecule has 1 saturated heterocycles. The summed E-state index contributed by atoms with van der Waals surface area (Å²) in [5.41, 5.74) is -0.921. The van der Waals surface area contributed by atoms with Gasteiger partial charge in [-0.2, -0.15) is 13.2 Å². The topological polar surface area (TPSA) is 89.3 Å². The highest BCUT2D eigenvalue weighted by molar-refractivity contribution is 7.80. The molecule has 2 aliphatic rings. The minimum Gasteiger partial charge on any atom is -0.493 e. The zero-order chi connectivity index (χ0) is 28.9. The van der Waals surface area contributed by atoms with Crippen molar-refractivity contribution in [2.45, 2.75) is 44.0 Å². The number of rotatable bonds is 9. The van der Waals surface area contributed by atoms with Crippen LogP contribution in [0.15, 0.2) is 36.4 Å². The summed E-state index contributed by atoms with van der Waals surface area (Å²) in [6.07, 6.45) is -1.88. The fraction of sp³-hybridized carbons (Fsp3) is 0.519. The zero-order valence-electron chi connectivity index (χ0n) is 22.4. The maximum Gasteiger partial charge on any atom is 0.423 e. The highest BCUT2D eigenvalue weighted by atomic mass is 32.1. The van der Waals surface area contributed by atoms with Crippen LogP contribution in [-0.2, 0) is 10.9 Å². The molecule has 1 aliphatic carbocycles. The van der Waals surface area contributed by atoms with Crippen molar-refractivity contribution in [2.75, 3.05) is 57.2 Å². The van der Waals surface area contributed by atoms with Crippen LogP contribution in [0.1, 0.15) is 31.2 Å². The van der Waals surface area contributed by atoms with Crippen LogP contribution in [0.5, 0.6) is 11.5 Å². The molecule has 4 rings (SSSR count). The molecule has 0 radical (unpaired) electrons. The first kappa shape index (κ1) is 29.7. The minimum absolute atomic E-state index is 0.0200. The maximum absolute atomic E-state index is 13.3. The van der Waals surface area contributed by atoms with Gasteiger partial charge in [-0.05, 0) is 49.9 Å². The van der Waals surface area contributed by atoms with Crippen molar-refractivity contribution in [1.29, 1.82) is 0 Å². The number of hydrogen-bond acceptors (Lipinski definition) is 8. The Kier molecular flexibility index (Phi) is 9.56. The van der Waals surface area contributed by atoms with E-state index in [9.17, 15) is 23.3 Å². The molecule has 0 bridgehead atoms. The standard InChI is InChI=1S/C27H33F3N4O5S/c1-37-24-10-6-20(16-25(24)38-2)32-11-13-33(14-12-32)26(40)17-39-21-7-3-18(4-8-21)31-19-5-9-23(34(35)36)22(15-19)27(28,29)30/h5-6,9-10,15-16,18,21,31H,3-4,7-8,11-14,17H2,1-2H3/t18-,21-. The van der Waals surface area contributed by atoms with Crippen molar-refractivity contribution in [3.63, 3.8) is 0 Å². The van der Waals surface area contributed by atoms with Gasteiger partial charge in [-0.15, -0.1) is 0 Å². The Balaban J connectivity index is 1.20. The normalized spacial score (nSPS) is 19.7. The van der Waals surface area contributed by atoms with E-state index in [1.807, 2.05) is 18.2 Å². The van der Waals surface area contributed by atoms with Gasteiger partial charge in [0.2, 0.25) is 0 Å². The summed E-state index contributed by atoms with van der Waals surface area (Å²) in [7, 11) is 3.23. The summed E-state index contributed by atoms with van der Waals surface area (Å²) < 4.78 is 56.7. The number of halogens is 3. The van der Waals surface area contributed by atoms with E-state index in [0.29, 0.717) is 30.9 Å². The number of methoxy groups -OCH3 is 2. The third-order valence-corrected chi connectivity index (χ3v) is 7.73. The fourth-order valence-corrected chi connectivity index (χ4v) is 5.39. The zero-order valence-corrected chi connectivity index (χ0v) is 23.2. The van der Waals surface area contributed by atoms with E-state index in [-0.39, 0.29) is 17.8 Å². The van der Waals surface area contributed by atoms with Crippen molar-refractivity contribution in [3.8, 4) is 11.5 Å². The summed E-state index contributed by atoms with van der Waals surface area (Å²) in [4.78, 5) is 15.2. The Morgan fingerprint density at radius 1 is 1.02 bits per heavy atom. The van der Waals surface area contributed by atoms with Gasteiger partial charge in [-0.3, -0.25) is 10.1 Å². The van der Waals surface area contributed by atoms with Gasteiger partial charge >= 0.3 is 6.18 Å². The molecule has 0 amide bonds. The number of ether oxygens (including phenoxy) is 3. The number of thiocarbonyl (C=S) groups is 1. The van der Waals surface area contributed by atoms with Crippen molar-refractivity contribution < 1.29 is 32.3 Å². The van der Waals surface area contributed by atoms with E-state index in [2.05, 4.69) is 15.1 Å². The SMILES string of the molecule is COc1ccc(N2CCN(C(=S)CO[C@H]3CC[C@H](Nc4ccc([N+](=O)[O-])c(C(F)(F)F)c4)CC3)CC2)cc1OC. The van der Waals surface area contributed by atoms with E-state index in [4.69, 9.17) is 26.4 Å². The number of nitrogens with one attached hydrogen (secondary N) is 1. The number of nitrogens with zero attached hydrogens (tertiary/aromatic N) is 3.